The van der Waals surface area contributed by atoms with Crippen molar-refractivity contribution in [3.8, 4) is 22.6 Å². The second-order valence-corrected chi connectivity index (χ2v) is 9.37. The van der Waals surface area contributed by atoms with Crippen LogP contribution in [0.1, 0.15) is 50.8 Å². The Hall–Kier alpha value is -3.38. The van der Waals surface area contributed by atoms with E-state index in [-0.39, 0.29) is 17.9 Å². The smallest absolute Gasteiger partial charge is 0.140 e. The van der Waals surface area contributed by atoms with Gasteiger partial charge >= 0.3 is 0 Å². The Morgan fingerprint density at radius 1 is 0.730 bits per heavy atom. The molecule has 3 aromatic carbocycles. The van der Waals surface area contributed by atoms with Crippen LogP contribution in [0, 0.1) is 17.5 Å². The monoisotopic (exact) mass is 505 g/mol. The molecule has 3 nitrogen and oxygen atoms in total. The van der Waals surface area contributed by atoms with Crippen molar-refractivity contribution in [1.29, 1.82) is 0 Å². The largest absolute Gasteiger partial charge is 0.326 e. The number of unbranched alkanes of at least 4 members (excludes halogenated alkanes) is 2. The van der Waals surface area contributed by atoms with Gasteiger partial charge in [0.1, 0.15) is 23.3 Å². The molecule has 4 rings (SSSR count). The molecule has 37 heavy (non-hydrogen) atoms. The maximum atomic E-state index is 14.6. The SMILES string of the molecule is CCCCN(Cc1c(F)cccc1F)Cc1c(-c2ccc(F)cc2)nc(-c2ccccc2)n1CCCC. The summed E-state index contributed by atoms with van der Waals surface area (Å²) in [5.74, 6) is -0.538. The predicted molar refractivity (Wildman–Crippen MR) is 143 cm³/mol. The molecule has 0 saturated heterocycles. The Labute approximate surface area is 217 Å². The van der Waals surface area contributed by atoms with E-state index >= 15 is 0 Å². The van der Waals surface area contributed by atoms with Crippen LogP contribution in [0.5, 0.6) is 0 Å². The van der Waals surface area contributed by atoms with Gasteiger partial charge in [-0.2, -0.15) is 0 Å². The van der Waals surface area contributed by atoms with Crippen molar-refractivity contribution in [2.24, 2.45) is 0 Å². The summed E-state index contributed by atoms with van der Waals surface area (Å²) >= 11 is 0. The van der Waals surface area contributed by atoms with Gasteiger partial charge in [0, 0.05) is 36.3 Å². The van der Waals surface area contributed by atoms with E-state index < -0.39 is 11.6 Å². The van der Waals surface area contributed by atoms with Crippen molar-refractivity contribution in [3.05, 3.63) is 102 Å². The number of hydrogen-bond donors (Lipinski definition) is 0. The van der Waals surface area contributed by atoms with E-state index in [1.807, 2.05) is 30.3 Å². The maximum Gasteiger partial charge on any atom is 0.140 e. The molecular weight excluding hydrogens is 471 g/mol. The first-order valence-electron chi connectivity index (χ1n) is 13.1. The zero-order valence-corrected chi connectivity index (χ0v) is 21.6. The van der Waals surface area contributed by atoms with Gasteiger partial charge in [-0.15, -0.1) is 0 Å². The minimum Gasteiger partial charge on any atom is -0.326 e. The van der Waals surface area contributed by atoms with Crippen LogP contribution in [0.2, 0.25) is 0 Å². The van der Waals surface area contributed by atoms with Crippen LogP contribution >= 0.6 is 0 Å². The zero-order valence-electron chi connectivity index (χ0n) is 21.6. The summed E-state index contributed by atoms with van der Waals surface area (Å²) in [5.41, 5.74) is 3.62. The highest BCUT2D eigenvalue weighted by atomic mass is 19.1. The summed E-state index contributed by atoms with van der Waals surface area (Å²) in [5, 5.41) is 0. The van der Waals surface area contributed by atoms with Gasteiger partial charge in [0.2, 0.25) is 0 Å². The molecule has 0 amide bonds. The number of aromatic nitrogens is 2. The third-order valence-electron chi connectivity index (χ3n) is 6.60. The van der Waals surface area contributed by atoms with Crippen molar-refractivity contribution in [1.82, 2.24) is 14.5 Å². The van der Waals surface area contributed by atoms with Crippen molar-refractivity contribution in [3.63, 3.8) is 0 Å². The maximum absolute atomic E-state index is 14.6. The quantitative estimate of drug-likeness (QED) is 0.193. The van der Waals surface area contributed by atoms with Crippen molar-refractivity contribution in [2.75, 3.05) is 6.54 Å². The fourth-order valence-corrected chi connectivity index (χ4v) is 4.56. The molecule has 0 aliphatic carbocycles. The van der Waals surface area contributed by atoms with Gasteiger partial charge in [-0.25, -0.2) is 18.2 Å². The van der Waals surface area contributed by atoms with Crippen LogP contribution in [-0.2, 0) is 19.6 Å². The van der Waals surface area contributed by atoms with Crippen LogP contribution in [0.4, 0.5) is 13.2 Å². The molecule has 0 spiro atoms. The highest BCUT2D eigenvalue weighted by molar-refractivity contribution is 5.68. The van der Waals surface area contributed by atoms with E-state index in [0.29, 0.717) is 13.1 Å². The Morgan fingerprint density at radius 2 is 1.41 bits per heavy atom. The summed E-state index contributed by atoms with van der Waals surface area (Å²) < 4.78 is 45.2. The van der Waals surface area contributed by atoms with Crippen molar-refractivity contribution in [2.45, 2.75) is 59.2 Å². The molecule has 0 N–H and O–H groups in total. The fraction of sp³-hybridized carbons (Fsp3) is 0.323. The third kappa shape index (κ3) is 6.50. The predicted octanol–water partition coefficient (Wildman–Crippen LogP) is 8.24. The van der Waals surface area contributed by atoms with E-state index in [9.17, 15) is 13.2 Å². The normalized spacial score (nSPS) is 11.4. The van der Waals surface area contributed by atoms with Crippen LogP contribution < -0.4 is 0 Å². The zero-order chi connectivity index (χ0) is 26.2. The molecule has 0 aliphatic heterocycles. The molecular formula is C31H34F3N3. The molecule has 0 atom stereocenters. The lowest BCUT2D eigenvalue weighted by Crippen LogP contribution is -2.27. The molecule has 194 valence electrons. The molecule has 0 fully saturated rings. The third-order valence-corrected chi connectivity index (χ3v) is 6.60. The lowest BCUT2D eigenvalue weighted by Gasteiger charge is -2.24. The first-order valence-corrected chi connectivity index (χ1v) is 13.1. The minimum absolute atomic E-state index is 0.0739. The van der Waals surface area contributed by atoms with Crippen LogP contribution in [0.25, 0.3) is 22.6 Å². The highest BCUT2D eigenvalue weighted by Gasteiger charge is 2.23. The van der Waals surface area contributed by atoms with E-state index in [1.54, 1.807) is 12.1 Å². The van der Waals surface area contributed by atoms with E-state index in [2.05, 4.69) is 23.3 Å². The molecule has 1 aromatic heterocycles. The molecule has 0 aliphatic rings. The van der Waals surface area contributed by atoms with E-state index in [4.69, 9.17) is 4.98 Å². The van der Waals surface area contributed by atoms with Crippen molar-refractivity contribution < 1.29 is 13.2 Å². The van der Waals surface area contributed by atoms with Gasteiger partial charge in [0.05, 0.1) is 11.4 Å². The first kappa shape index (κ1) is 26.7. The summed E-state index contributed by atoms with van der Waals surface area (Å²) in [6, 6.07) is 20.4. The van der Waals surface area contributed by atoms with Gasteiger partial charge in [-0.3, -0.25) is 4.90 Å². The molecule has 1 heterocycles. The van der Waals surface area contributed by atoms with Gasteiger partial charge in [-0.05, 0) is 55.8 Å². The number of nitrogens with zero attached hydrogens (tertiary/aromatic N) is 3. The molecule has 0 saturated carbocycles. The highest BCUT2D eigenvalue weighted by Crippen LogP contribution is 2.32. The average Bonchev–Trinajstić information content (AvgIpc) is 3.26. The van der Waals surface area contributed by atoms with Gasteiger partial charge < -0.3 is 4.57 Å². The van der Waals surface area contributed by atoms with Gasteiger partial charge in [0.25, 0.3) is 0 Å². The van der Waals surface area contributed by atoms with Crippen LogP contribution in [0.15, 0.2) is 72.8 Å². The van der Waals surface area contributed by atoms with Crippen molar-refractivity contribution >= 4 is 0 Å². The topological polar surface area (TPSA) is 21.1 Å². The van der Waals surface area contributed by atoms with Gasteiger partial charge in [-0.1, -0.05) is 63.1 Å². The molecule has 0 bridgehead atoms. The summed E-state index contributed by atoms with van der Waals surface area (Å²) in [6.45, 7) is 6.32. The molecule has 4 aromatic rings. The first-order chi connectivity index (χ1) is 18.0. The lowest BCUT2D eigenvalue weighted by molar-refractivity contribution is 0.239. The second-order valence-electron chi connectivity index (χ2n) is 9.37. The summed E-state index contributed by atoms with van der Waals surface area (Å²) in [7, 11) is 0. The number of hydrogen-bond acceptors (Lipinski definition) is 2. The van der Waals surface area contributed by atoms with E-state index in [1.165, 1.54) is 30.3 Å². The van der Waals surface area contributed by atoms with Gasteiger partial charge in [0.15, 0.2) is 0 Å². The number of rotatable bonds is 12. The lowest BCUT2D eigenvalue weighted by atomic mass is 10.1. The molecule has 0 unspecified atom stereocenters. The standard InChI is InChI=1S/C31H34F3N3/c1-3-5-19-36(21-26-27(33)13-10-14-28(26)34)22-29-30(23-15-17-25(32)18-16-23)35-31(37(29)20-6-4-2)24-11-8-7-9-12-24/h7-18H,3-6,19-22H2,1-2H3. The summed E-state index contributed by atoms with van der Waals surface area (Å²) in [4.78, 5) is 7.16. The Bertz CT molecular complexity index is 1260. The fourth-order valence-electron chi connectivity index (χ4n) is 4.56. The second kappa shape index (κ2) is 12.7. The van der Waals surface area contributed by atoms with Crippen LogP contribution in [-0.4, -0.2) is 21.0 Å². The molecule has 0 radical (unpaired) electrons. The van der Waals surface area contributed by atoms with E-state index in [0.717, 1.165) is 60.6 Å². The number of halogens is 3. The average molecular weight is 506 g/mol. The minimum atomic E-state index is -0.537. The molecule has 6 heteroatoms. The Balaban J connectivity index is 1.83. The van der Waals surface area contributed by atoms with Crippen LogP contribution in [0.3, 0.4) is 0 Å². The number of benzene rings is 3. The summed E-state index contributed by atoms with van der Waals surface area (Å²) in [6.07, 6.45) is 3.84. The number of imidazole rings is 1. The Morgan fingerprint density at radius 3 is 2.05 bits per heavy atom. The Kier molecular flexibility index (Phi) is 9.18.